The van der Waals surface area contributed by atoms with Gasteiger partial charge in [-0.15, -0.1) is 11.3 Å². The zero-order chi connectivity index (χ0) is 22.0. The van der Waals surface area contributed by atoms with E-state index in [4.69, 9.17) is 4.98 Å². The third kappa shape index (κ3) is 2.75. The topological polar surface area (TPSA) is 46.3 Å². The van der Waals surface area contributed by atoms with Gasteiger partial charge in [-0.1, -0.05) is 13.8 Å². The van der Waals surface area contributed by atoms with Gasteiger partial charge in [-0.3, -0.25) is 0 Å². The minimum atomic E-state index is -0.538. The summed E-state index contributed by atoms with van der Waals surface area (Å²) in [5.74, 6) is 0.727. The molecule has 0 bridgehead atoms. The third-order valence-corrected chi connectivity index (χ3v) is 8.41. The van der Waals surface area contributed by atoms with Gasteiger partial charge in [0.05, 0.1) is 17.3 Å². The largest absolute Gasteiger partial charge is 0.346 e. The Morgan fingerprint density at radius 2 is 2.03 bits per heavy atom. The molecule has 0 unspecified atom stereocenters. The molecule has 2 aliphatic rings. The van der Waals surface area contributed by atoms with Crippen LogP contribution in [-0.4, -0.2) is 26.1 Å². The fraction of sp³-hybridized carbons (Fsp3) is 0.375. The highest BCUT2D eigenvalue weighted by molar-refractivity contribution is 7.15. The van der Waals surface area contributed by atoms with E-state index < -0.39 is 11.4 Å². The standard InChI is InChI=1S/C24H23F2N5S/c1-14(2)20-13-27-23(32-20)17-12-28-31-10-7-21(29-22(17)31)30-9-6-15-5-8-24(15,30)18-11-16(25)3-4-19(18)26/h3-4,7,10-15H,5-6,8-9H2,1-2H3/t15-,24-/m1/s1. The Hall–Kier alpha value is -2.87. The van der Waals surface area contributed by atoms with Crippen LogP contribution in [0.1, 0.15) is 49.5 Å². The van der Waals surface area contributed by atoms with E-state index in [9.17, 15) is 8.78 Å². The molecule has 1 saturated carbocycles. The zero-order valence-electron chi connectivity index (χ0n) is 17.9. The fourth-order valence-corrected chi connectivity index (χ4v) is 6.26. The zero-order valence-corrected chi connectivity index (χ0v) is 18.7. The molecule has 1 saturated heterocycles. The van der Waals surface area contributed by atoms with Crippen molar-refractivity contribution in [1.82, 2.24) is 19.6 Å². The number of aromatic nitrogens is 4. The lowest BCUT2D eigenvalue weighted by atomic mass is 9.63. The molecule has 6 rings (SSSR count). The van der Waals surface area contributed by atoms with Crippen molar-refractivity contribution < 1.29 is 8.78 Å². The van der Waals surface area contributed by atoms with Crippen LogP contribution in [0.4, 0.5) is 14.6 Å². The van der Waals surface area contributed by atoms with Crippen LogP contribution in [0.5, 0.6) is 0 Å². The van der Waals surface area contributed by atoms with Gasteiger partial charge < -0.3 is 4.90 Å². The van der Waals surface area contributed by atoms with Crippen molar-refractivity contribution >= 4 is 22.8 Å². The summed E-state index contributed by atoms with van der Waals surface area (Å²) in [5.41, 5.74) is 1.52. The Labute approximate surface area is 188 Å². The highest BCUT2D eigenvalue weighted by Crippen LogP contribution is 2.58. The van der Waals surface area contributed by atoms with Crippen LogP contribution >= 0.6 is 11.3 Å². The average Bonchev–Trinajstić information content (AvgIpc) is 3.46. The van der Waals surface area contributed by atoms with Crippen molar-refractivity contribution in [3.05, 3.63) is 64.9 Å². The quantitative estimate of drug-likeness (QED) is 0.395. The van der Waals surface area contributed by atoms with Crippen LogP contribution < -0.4 is 4.90 Å². The summed E-state index contributed by atoms with van der Waals surface area (Å²) in [4.78, 5) is 13.0. The first kappa shape index (κ1) is 19.8. The van der Waals surface area contributed by atoms with E-state index in [-0.39, 0.29) is 5.82 Å². The lowest BCUT2D eigenvalue weighted by Gasteiger charge is -2.51. The van der Waals surface area contributed by atoms with Crippen molar-refractivity contribution in [3.8, 4) is 10.6 Å². The number of benzene rings is 1. The fourth-order valence-electron chi connectivity index (χ4n) is 5.33. The van der Waals surface area contributed by atoms with Crippen LogP contribution in [0.2, 0.25) is 0 Å². The monoisotopic (exact) mass is 451 g/mol. The number of anilines is 1. The summed E-state index contributed by atoms with van der Waals surface area (Å²) in [7, 11) is 0. The maximum Gasteiger partial charge on any atom is 0.167 e. The van der Waals surface area contributed by atoms with E-state index in [0.29, 0.717) is 17.4 Å². The number of hydrogen-bond acceptors (Lipinski definition) is 5. The predicted molar refractivity (Wildman–Crippen MR) is 121 cm³/mol. The summed E-state index contributed by atoms with van der Waals surface area (Å²) in [6.07, 6.45) is 8.36. The molecule has 1 aliphatic carbocycles. The second kappa shape index (κ2) is 7.07. The van der Waals surface area contributed by atoms with Gasteiger partial charge in [0.15, 0.2) is 5.65 Å². The Morgan fingerprint density at radius 3 is 2.78 bits per heavy atom. The van der Waals surface area contributed by atoms with Gasteiger partial charge in [0.25, 0.3) is 0 Å². The molecule has 1 aliphatic heterocycles. The molecule has 4 heterocycles. The summed E-state index contributed by atoms with van der Waals surface area (Å²) in [6, 6.07) is 5.72. The lowest BCUT2D eigenvalue weighted by molar-refractivity contribution is 0.154. The lowest BCUT2D eigenvalue weighted by Crippen LogP contribution is -2.52. The van der Waals surface area contributed by atoms with Crippen LogP contribution in [0.25, 0.3) is 16.2 Å². The van der Waals surface area contributed by atoms with E-state index in [1.165, 1.54) is 23.1 Å². The van der Waals surface area contributed by atoms with Gasteiger partial charge in [-0.25, -0.2) is 23.3 Å². The molecule has 2 atom stereocenters. The van der Waals surface area contributed by atoms with E-state index in [1.54, 1.807) is 22.0 Å². The smallest absolute Gasteiger partial charge is 0.167 e. The molecule has 0 N–H and O–H groups in total. The minimum Gasteiger partial charge on any atom is -0.346 e. The SMILES string of the molecule is CC(C)c1cnc(-c2cnn3ccc(N4CC[C@H]5CC[C@]54c4cc(F)ccc4F)nc23)s1. The molecule has 0 spiro atoms. The van der Waals surface area contributed by atoms with Gasteiger partial charge >= 0.3 is 0 Å². The minimum absolute atomic E-state index is 0.300. The summed E-state index contributed by atoms with van der Waals surface area (Å²) in [5, 5.41) is 5.35. The van der Waals surface area contributed by atoms with Gasteiger partial charge in [-0.05, 0) is 55.4 Å². The van der Waals surface area contributed by atoms with Gasteiger partial charge in [0.1, 0.15) is 22.5 Å². The molecule has 164 valence electrons. The number of rotatable bonds is 4. The number of fused-ring (bicyclic) bond motifs is 2. The number of halogens is 2. The van der Waals surface area contributed by atoms with E-state index in [1.807, 2.05) is 18.5 Å². The maximum absolute atomic E-state index is 14.9. The van der Waals surface area contributed by atoms with Crippen molar-refractivity contribution in [1.29, 1.82) is 0 Å². The Morgan fingerprint density at radius 1 is 1.16 bits per heavy atom. The molecule has 0 amide bonds. The number of thiazole rings is 1. The van der Waals surface area contributed by atoms with Crippen molar-refractivity contribution in [2.75, 3.05) is 11.4 Å². The molecule has 5 nitrogen and oxygen atoms in total. The molecule has 1 aromatic carbocycles. The first-order valence-corrected chi connectivity index (χ1v) is 11.8. The molecule has 8 heteroatoms. The predicted octanol–water partition coefficient (Wildman–Crippen LogP) is 5.77. The highest BCUT2D eigenvalue weighted by Gasteiger charge is 2.57. The van der Waals surface area contributed by atoms with Gasteiger partial charge in [-0.2, -0.15) is 5.10 Å². The molecule has 3 aromatic heterocycles. The van der Waals surface area contributed by atoms with Gasteiger partial charge in [0.2, 0.25) is 0 Å². The maximum atomic E-state index is 14.9. The Balaban J connectivity index is 1.46. The molecule has 2 fully saturated rings. The Kier molecular flexibility index (Phi) is 4.37. The first-order chi connectivity index (χ1) is 15.5. The molecule has 0 radical (unpaired) electrons. The van der Waals surface area contributed by atoms with E-state index >= 15 is 0 Å². The molecular formula is C24H23F2N5S. The highest BCUT2D eigenvalue weighted by atomic mass is 32.1. The molecular weight excluding hydrogens is 428 g/mol. The summed E-state index contributed by atoms with van der Waals surface area (Å²) >= 11 is 1.65. The van der Waals surface area contributed by atoms with Crippen LogP contribution in [0, 0.1) is 17.6 Å². The summed E-state index contributed by atoms with van der Waals surface area (Å²) < 4.78 is 30.7. The van der Waals surface area contributed by atoms with Crippen molar-refractivity contribution in [2.24, 2.45) is 5.92 Å². The number of nitrogens with zero attached hydrogens (tertiary/aromatic N) is 5. The molecule has 4 aromatic rings. The van der Waals surface area contributed by atoms with E-state index in [0.717, 1.165) is 47.8 Å². The second-order valence-corrected chi connectivity index (χ2v) is 10.1. The van der Waals surface area contributed by atoms with Crippen LogP contribution in [0.3, 0.4) is 0 Å². The van der Waals surface area contributed by atoms with Crippen molar-refractivity contribution in [3.63, 3.8) is 0 Å². The Bertz CT molecular complexity index is 1330. The third-order valence-electron chi connectivity index (χ3n) is 7.08. The van der Waals surface area contributed by atoms with Gasteiger partial charge in [0, 0.05) is 29.4 Å². The number of hydrogen-bond donors (Lipinski definition) is 0. The second-order valence-electron chi connectivity index (χ2n) is 9.06. The van der Waals surface area contributed by atoms with Crippen molar-refractivity contribution in [2.45, 2.75) is 44.6 Å². The van der Waals surface area contributed by atoms with Crippen LogP contribution in [-0.2, 0) is 5.54 Å². The molecule has 32 heavy (non-hydrogen) atoms. The summed E-state index contributed by atoms with van der Waals surface area (Å²) in [6.45, 7) is 5.07. The average molecular weight is 452 g/mol. The normalized spacial score (nSPS) is 22.5. The first-order valence-electron chi connectivity index (χ1n) is 11.0. The van der Waals surface area contributed by atoms with E-state index in [2.05, 4.69) is 28.8 Å². The van der Waals surface area contributed by atoms with Crippen LogP contribution in [0.15, 0.2) is 42.9 Å².